The highest BCUT2D eigenvalue weighted by Gasteiger charge is 2.33. The van der Waals surface area contributed by atoms with Gasteiger partial charge in [-0.2, -0.15) is 5.10 Å². The summed E-state index contributed by atoms with van der Waals surface area (Å²) in [5.41, 5.74) is 1.03. The maximum atomic E-state index is 11.7. The Labute approximate surface area is 139 Å². The Morgan fingerprint density at radius 2 is 1.88 bits per heavy atom. The van der Waals surface area contributed by atoms with Crippen molar-refractivity contribution in [3.8, 4) is 5.69 Å². The average Bonchev–Trinajstić information content (AvgIpc) is 3.22. The lowest BCUT2D eigenvalue weighted by molar-refractivity contribution is -0.119. The fourth-order valence-corrected chi connectivity index (χ4v) is 3.46. The van der Waals surface area contributed by atoms with Crippen LogP contribution < -0.4 is 5.32 Å². The summed E-state index contributed by atoms with van der Waals surface area (Å²) in [4.78, 5) is 16.5. The third-order valence-corrected chi connectivity index (χ3v) is 4.89. The molecular formula is C19H18N4O. The Kier molecular flexibility index (Phi) is 2.95. The lowest BCUT2D eigenvalue weighted by atomic mass is 10.1. The molecule has 1 N–H and O–H groups in total. The molecule has 5 nitrogen and oxygen atoms in total. The molecule has 3 aromatic rings. The van der Waals surface area contributed by atoms with Gasteiger partial charge < -0.3 is 5.32 Å². The Bertz CT molecular complexity index is 936. The van der Waals surface area contributed by atoms with Crippen LogP contribution in [0.1, 0.15) is 49.3 Å². The van der Waals surface area contributed by atoms with Crippen LogP contribution in [0, 0.1) is 0 Å². The smallest absolute Gasteiger partial charge is 0.220 e. The van der Waals surface area contributed by atoms with Gasteiger partial charge in [0.15, 0.2) is 11.6 Å². The highest BCUT2D eigenvalue weighted by atomic mass is 16.1. The van der Waals surface area contributed by atoms with E-state index in [0.717, 1.165) is 42.0 Å². The van der Waals surface area contributed by atoms with Gasteiger partial charge in [0.1, 0.15) is 0 Å². The van der Waals surface area contributed by atoms with Crippen molar-refractivity contribution in [2.75, 3.05) is 0 Å². The van der Waals surface area contributed by atoms with Crippen LogP contribution in [0.4, 0.5) is 0 Å². The zero-order chi connectivity index (χ0) is 16.1. The summed E-state index contributed by atoms with van der Waals surface area (Å²) in [6, 6.07) is 14.5. The van der Waals surface area contributed by atoms with E-state index >= 15 is 0 Å². The van der Waals surface area contributed by atoms with Crippen molar-refractivity contribution in [1.82, 2.24) is 20.1 Å². The lowest BCUT2D eigenvalue weighted by Crippen LogP contribution is -2.21. The monoisotopic (exact) mass is 318 g/mol. The van der Waals surface area contributed by atoms with Gasteiger partial charge in [-0.05, 0) is 30.7 Å². The second kappa shape index (κ2) is 5.16. The van der Waals surface area contributed by atoms with E-state index in [0.29, 0.717) is 12.3 Å². The largest absolute Gasteiger partial charge is 0.346 e. The molecule has 5 rings (SSSR count). The summed E-state index contributed by atoms with van der Waals surface area (Å²) in [7, 11) is 0. The molecule has 2 heterocycles. The zero-order valence-corrected chi connectivity index (χ0v) is 13.3. The molecule has 2 fully saturated rings. The number of aromatic nitrogens is 3. The van der Waals surface area contributed by atoms with Gasteiger partial charge in [-0.25, -0.2) is 9.67 Å². The van der Waals surface area contributed by atoms with Crippen LogP contribution in [-0.4, -0.2) is 20.7 Å². The van der Waals surface area contributed by atoms with Crippen LogP contribution >= 0.6 is 0 Å². The van der Waals surface area contributed by atoms with Gasteiger partial charge in [0.2, 0.25) is 5.91 Å². The van der Waals surface area contributed by atoms with Crippen molar-refractivity contribution in [1.29, 1.82) is 0 Å². The number of nitrogens with one attached hydrogen (secondary N) is 1. The van der Waals surface area contributed by atoms with Crippen molar-refractivity contribution < 1.29 is 4.79 Å². The number of fused-ring (bicyclic) bond motifs is 1. The maximum Gasteiger partial charge on any atom is 0.220 e. The molecule has 0 unspecified atom stereocenters. The molecular weight excluding hydrogens is 300 g/mol. The summed E-state index contributed by atoms with van der Waals surface area (Å²) in [6.07, 6.45) is 3.67. The summed E-state index contributed by atoms with van der Waals surface area (Å²) in [5, 5.41) is 10.2. The fourth-order valence-electron chi connectivity index (χ4n) is 3.46. The van der Waals surface area contributed by atoms with Crippen molar-refractivity contribution in [2.45, 2.75) is 37.6 Å². The molecule has 5 heteroatoms. The van der Waals surface area contributed by atoms with Crippen molar-refractivity contribution in [3.05, 3.63) is 54.1 Å². The van der Waals surface area contributed by atoms with E-state index in [1.807, 2.05) is 22.9 Å². The molecule has 1 atom stereocenters. The Morgan fingerprint density at radius 3 is 2.67 bits per heavy atom. The van der Waals surface area contributed by atoms with Gasteiger partial charge in [-0.1, -0.05) is 36.4 Å². The van der Waals surface area contributed by atoms with E-state index in [1.54, 1.807) is 0 Å². The van der Waals surface area contributed by atoms with Crippen molar-refractivity contribution in [3.63, 3.8) is 0 Å². The predicted molar refractivity (Wildman–Crippen MR) is 91.0 cm³/mol. The molecule has 1 amide bonds. The Hall–Kier alpha value is -2.69. The van der Waals surface area contributed by atoms with Gasteiger partial charge >= 0.3 is 0 Å². The van der Waals surface area contributed by atoms with Gasteiger partial charge in [0.05, 0.1) is 11.7 Å². The number of nitrogens with zero attached hydrogens (tertiary/aromatic N) is 3. The second-order valence-corrected chi connectivity index (χ2v) is 6.67. The van der Waals surface area contributed by atoms with Crippen LogP contribution in [0.3, 0.4) is 0 Å². The molecule has 1 aliphatic carbocycles. The number of carbonyl (C=O) groups is 1. The number of amides is 1. The lowest BCUT2D eigenvalue weighted by Gasteiger charge is -2.13. The van der Waals surface area contributed by atoms with Crippen molar-refractivity contribution >= 4 is 16.7 Å². The number of benzene rings is 2. The summed E-state index contributed by atoms with van der Waals surface area (Å²) in [6.45, 7) is 0. The van der Waals surface area contributed by atoms with Crippen LogP contribution in [-0.2, 0) is 4.79 Å². The van der Waals surface area contributed by atoms with E-state index in [1.165, 1.54) is 5.39 Å². The summed E-state index contributed by atoms with van der Waals surface area (Å²) < 4.78 is 1.95. The van der Waals surface area contributed by atoms with E-state index in [2.05, 4.69) is 29.6 Å². The van der Waals surface area contributed by atoms with E-state index < -0.39 is 0 Å². The third kappa shape index (κ3) is 2.19. The minimum atomic E-state index is -0.0449. The third-order valence-electron chi connectivity index (χ3n) is 4.89. The first-order chi connectivity index (χ1) is 11.8. The first kappa shape index (κ1) is 13.7. The highest BCUT2D eigenvalue weighted by Crippen LogP contribution is 2.39. The van der Waals surface area contributed by atoms with E-state index in [9.17, 15) is 4.79 Å². The molecule has 2 aliphatic rings. The van der Waals surface area contributed by atoms with Crippen LogP contribution in [0.5, 0.6) is 0 Å². The summed E-state index contributed by atoms with van der Waals surface area (Å²) in [5.74, 6) is 2.36. The van der Waals surface area contributed by atoms with Crippen LogP contribution in [0.15, 0.2) is 42.5 Å². The molecule has 0 spiro atoms. The average molecular weight is 318 g/mol. The molecule has 0 radical (unpaired) electrons. The standard InChI is InChI=1S/C19H18N4O/c24-17-11-10-15(20-17)19-21-18(13-8-9-13)22-23(19)16-7-3-5-12-4-1-2-6-14(12)16/h1-7,13,15H,8-11H2,(H,20,24)/t15-/m1/s1. The van der Waals surface area contributed by atoms with Gasteiger partial charge in [0.25, 0.3) is 0 Å². The number of hydrogen-bond donors (Lipinski definition) is 1. The van der Waals surface area contributed by atoms with Gasteiger partial charge in [0, 0.05) is 17.7 Å². The van der Waals surface area contributed by atoms with E-state index in [4.69, 9.17) is 10.1 Å². The molecule has 1 aromatic heterocycles. The molecule has 24 heavy (non-hydrogen) atoms. The maximum absolute atomic E-state index is 11.7. The molecule has 2 aromatic carbocycles. The zero-order valence-electron chi connectivity index (χ0n) is 13.3. The fraction of sp³-hybridized carbons (Fsp3) is 0.316. The Morgan fingerprint density at radius 1 is 1.04 bits per heavy atom. The molecule has 120 valence electrons. The topological polar surface area (TPSA) is 59.8 Å². The molecule has 1 saturated heterocycles. The number of rotatable bonds is 3. The van der Waals surface area contributed by atoms with Gasteiger partial charge in [-0.3, -0.25) is 4.79 Å². The first-order valence-corrected chi connectivity index (χ1v) is 8.54. The molecule has 1 saturated carbocycles. The SMILES string of the molecule is O=C1CC[C@H](c2nc(C3CC3)nn2-c2cccc3ccccc23)N1. The predicted octanol–water partition coefficient (Wildman–Crippen LogP) is 3.25. The molecule has 1 aliphatic heterocycles. The number of hydrogen-bond acceptors (Lipinski definition) is 3. The highest BCUT2D eigenvalue weighted by molar-refractivity contribution is 5.90. The van der Waals surface area contributed by atoms with E-state index in [-0.39, 0.29) is 11.9 Å². The summed E-state index contributed by atoms with van der Waals surface area (Å²) >= 11 is 0. The quantitative estimate of drug-likeness (QED) is 0.806. The minimum Gasteiger partial charge on any atom is -0.346 e. The molecule has 0 bridgehead atoms. The van der Waals surface area contributed by atoms with Crippen molar-refractivity contribution in [2.24, 2.45) is 0 Å². The van der Waals surface area contributed by atoms with Gasteiger partial charge in [-0.15, -0.1) is 0 Å². The normalized spacial score (nSPS) is 20.5. The number of carbonyl (C=O) groups excluding carboxylic acids is 1. The second-order valence-electron chi connectivity index (χ2n) is 6.67. The van der Waals surface area contributed by atoms with Crippen LogP contribution in [0.25, 0.3) is 16.5 Å². The Balaban J connectivity index is 1.70. The minimum absolute atomic E-state index is 0.0449. The first-order valence-electron chi connectivity index (χ1n) is 8.54. The van der Waals surface area contributed by atoms with Crippen LogP contribution in [0.2, 0.25) is 0 Å².